The van der Waals surface area contributed by atoms with E-state index in [0.717, 1.165) is 143 Å². The maximum atomic E-state index is 14.0. The second-order valence-electron chi connectivity index (χ2n) is 34.2. The molecular formula is C105H89FN14O8. The van der Waals surface area contributed by atoms with Crippen LogP contribution in [0.3, 0.4) is 0 Å². The van der Waals surface area contributed by atoms with E-state index >= 15 is 0 Å². The lowest BCUT2D eigenvalue weighted by molar-refractivity contribution is 0.0803. The van der Waals surface area contributed by atoms with Crippen LogP contribution < -0.4 is 0 Å². The van der Waals surface area contributed by atoms with E-state index in [1.165, 1.54) is 0 Å². The molecule has 0 unspecified atom stereocenters. The highest BCUT2D eigenvalue weighted by Crippen LogP contribution is 2.38. The van der Waals surface area contributed by atoms with Crippen LogP contribution in [0.25, 0.3) is 11.3 Å². The molecule has 0 amide bonds. The Kier molecular flexibility index (Phi) is 27.4. The first-order valence-electron chi connectivity index (χ1n) is 42.1. The van der Waals surface area contributed by atoms with E-state index in [0.29, 0.717) is 94.1 Å². The Morgan fingerprint density at radius 2 is 0.688 bits per heavy atom. The number of oxazole rings is 2. The third-order valence-electron chi connectivity index (χ3n) is 21.6. The number of Topliss-reactive ketones (excluding diaryl/α,β-unsaturated/α-hetero) is 6. The lowest BCUT2D eigenvalue weighted by atomic mass is 9.75. The molecule has 0 fully saturated rings. The number of carbonyl (C=O) groups is 6. The number of aromatic amines is 1. The van der Waals surface area contributed by atoms with Crippen LogP contribution in [0.2, 0.25) is 0 Å². The van der Waals surface area contributed by atoms with E-state index in [-0.39, 0.29) is 67.9 Å². The third-order valence-corrected chi connectivity index (χ3v) is 21.6. The third kappa shape index (κ3) is 23.3. The molecule has 6 aliphatic rings. The highest BCUT2D eigenvalue weighted by molar-refractivity contribution is 6.03. The number of hydrogen-bond acceptors (Lipinski definition) is 21. The van der Waals surface area contributed by atoms with Crippen molar-refractivity contribution in [3.63, 3.8) is 0 Å². The number of nitrogens with one attached hydrogen (secondary N) is 1. The first-order valence-corrected chi connectivity index (χ1v) is 42.1. The van der Waals surface area contributed by atoms with Gasteiger partial charge in [0.25, 0.3) is 11.8 Å². The quantitative estimate of drug-likeness (QED) is 0.149. The van der Waals surface area contributed by atoms with Crippen molar-refractivity contribution in [2.45, 2.75) is 159 Å². The van der Waals surface area contributed by atoms with Gasteiger partial charge in [-0.1, -0.05) is 73.6 Å². The van der Waals surface area contributed by atoms with Gasteiger partial charge in [-0.25, -0.2) is 54.8 Å². The van der Waals surface area contributed by atoms with Crippen LogP contribution >= 0.6 is 0 Å². The zero-order valence-electron chi connectivity index (χ0n) is 72.7. The molecule has 0 saturated carbocycles. The number of imidazole rings is 1. The van der Waals surface area contributed by atoms with Gasteiger partial charge in [-0.3, -0.25) is 33.8 Å². The SMILES string of the molecule is CC1(C)CC(=O)c2ccc(C#Cc3ccccn3)nc2C1.CC1(C)CCc2nc(C#Cc3ccccn3)ccc2C1=O.Cc1coc(C#Cc2ccc3c(n2)CC(C)(C)CC3=O)n1.Cc1coc(C#Cc2ccc3c(n2)CCC(C)(C)C3=O)n1.O=C1CCCc2nc(C#Cc3ccccn3)ccc21.O=C1CCCc2nc(C#Cc3nc(F)c(-c4cccnc4)[nH]3)ccc21. The zero-order valence-corrected chi connectivity index (χ0v) is 72.7. The number of aromatic nitrogens is 14. The first kappa shape index (κ1) is 88.7. The molecule has 0 atom stereocenters. The van der Waals surface area contributed by atoms with Crippen molar-refractivity contribution in [2.24, 2.45) is 21.7 Å². The van der Waals surface area contributed by atoms with E-state index in [9.17, 15) is 33.2 Å². The number of hydrogen-bond donors (Lipinski definition) is 1. The number of H-pyrrole nitrogens is 1. The molecule has 23 heteroatoms. The molecule has 13 heterocycles. The van der Waals surface area contributed by atoms with E-state index in [1.807, 2.05) is 139 Å². The predicted octanol–water partition coefficient (Wildman–Crippen LogP) is 17.2. The molecule has 0 radical (unpaired) electrons. The Morgan fingerprint density at radius 3 is 1.05 bits per heavy atom. The van der Waals surface area contributed by atoms with Crippen molar-refractivity contribution >= 4 is 34.7 Å². The first-order chi connectivity index (χ1) is 61.5. The van der Waals surface area contributed by atoms with Gasteiger partial charge in [0.1, 0.15) is 69.5 Å². The van der Waals surface area contributed by atoms with Crippen molar-refractivity contribution in [2.75, 3.05) is 0 Å². The number of fused-ring (bicyclic) bond motifs is 6. The largest absolute Gasteiger partial charge is 0.438 e. The molecule has 13 aromatic rings. The Labute approximate surface area is 742 Å². The van der Waals surface area contributed by atoms with E-state index in [4.69, 9.17) is 8.83 Å². The van der Waals surface area contributed by atoms with Crippen LogP contribution in [-0.2, 0) is 38.5 Å². The van der Waals surface area contributed by atoms with Gasteiger partial charge < -0.3 is 13.8 Å². The number of carbonyl (C=O) groups excluding carboxylic acids is 6. The van der Waals surface area contributed by atoms with E-state index in [1.54, 1.807) is 86.0 Å². The summed E-state index contributed by atoms with van der Waals surface area (Å²) in [5.74, 6) is 36.5. The van der Waals surface area contributed by atoms with Crippen molar-refractivity contribution in [1.29, 1.82) is 0 Å². The molecule has 19 rings (SSSR count). The lowest BCUT2D eigenvalue weighted by Crippen LogP contribution is -2.31. The number of halogens is 1. The molecule has 22 nitrogen and oxygen atoms in total. The molecule has 0 aromatic carbocycles. The summed E-state index contributed by atoms with van der Waals surface area (Å²) in [7, 11) is 0. The van der Waals surface area contributed by atoms with E-state index < -0.39 is 5.95 Å². The Balaban J connectivity index is 0.000000124. The van der Waals surface area contributed by atoms with Gasteiger partial charge in [0, 0.05) is 106 Å². The van der Waals surface area contributed by atoms with Crippen LogP contribution in [0.5, 0.6) is 0 Å². The van der Waals surface area contributed by atoms with E-state index in [2.05, 4.69) is 169 Å². The van der Waals surface area contributed by atoms with Gasteiger partial charge in [-0.15, -0.1) is 0 Å². The number of pyridine rings is 10. The summed E-state index contributed by atoms with van der Waals surface area (Å²) in [6, 6.07) is 42.0. The standard InChI is InChI=1S/C19H13FN4O.2C18H16N2O.2C17H16N2O2.C16H12N2O/c20-19-18(12-3-2-10-21-11-12)23-17(24-19)9-7-13-6-8-14-15(22-13)4-1-5-16(14)25;1-18(2)11-10-16-15(17(18)21)9-8-14(20-16)7-6-13-5-3-4-12-19-13;1-18(2)11-16-15(17(21)12-18)9-8-14(20-16)7-6-13-5-3-4-10-19-13;1-11-10-21-16(18-11)7-5-12-4-6-13-14(19-12)8-17(2,3)9-15(13)20;1-11-10-21-15(18-11)7-5-12-4-6-13-14(19-12)8-9-17(2,3)16(13)20;19-16-6-3-5-15-14(16)10-9-13(18-15)8-7-12-4-1-2-11-17-12/h2-3,6,8,10-11H,1,4-5H2,(H,23,24);3-5,8-9,12H,10-11H2,1-2H3;3-5,8-10H,11-12H2,1-2H3;2*4,6,10H,8-9H2,1-3H3;1-2,4,9-11H,3,5-6H2. The molecule has 1 N–H and O–H groups in total. The topological polar surface area (TPSA) is 312 Å². The number of ketones is 6. The van der Waals surface area contributed by atoms with Gasteiger partial charge in [0.2, 0.25) is 5.95 Å². The summed E-state index contributed by atoms with van der Waals surface area (Å²) in [6.45, 7) is 20.0. The minimum absolute atomic E-state index is 0.0237. The summed E-state index contributed by atoms with van der Waals surface area (Å²) in [4.78, 5) is 131. The van der Waals surface area contributed by atoms with Crippen LogP contribution in [0.15, 0.2) is 192 Å². The van der Waals surface area contributed by atoms with Gasteiger partial charge in [-0.05, 0) is 281 Å². The van der Waals surface area contributed by atoms with Crippen LogP contribution in [0.4, 0.5) is 4.39 Å². The number of nitrogens with zero attached hydrogens (tertiary/aromatic N) is 13. The van der Waals surface area contributed by atoms with Crippen LogP contribution in [-0.4, -0.2) is 104 Å². The Morgan fingerprint density at radius 1 is 0.336 bits per heavy atom. The van der Waals surface area contributed by atoms with Gasteiger partial charge in [0.05, 0.1) is 45.6 Å². The molecule has 13 aromatic heterocycles. The summed E-state index contributed by atoms with van der Waals surface area (Å²) in [5, 5.41) is 0. The van der Waals surface area contributed by atoms with Crippen LogP contribution in [0, 0.1) is 113 Å². The highest BCUT2D eigenvalue weighted by atomic mass is 19.1. The zero-order chi connectivity index (χ0) is 90.1. The van der Waals surface area contributed by atoms with Crippen molar-refractivity contribution in [3.8, 4) is 82.3 Å². The summed E-state index contributed by atoms with van der Waals surface area (Å²) in [6.07, 6.45) is 22.0. The van der Waals surface area contributed by atoms with Crippen LogP contribution in [0.1, 0.15) is 283 Å². The van der Waals surface area contributed by atoms with Gasteiger partial charge in [0.15, 0.2) is 40.5 Å². The second kappa shape index (κ2) is 39.5. The lowest BCUT2D eigenvalue weighted by Gasteiger charge is -2.29. The molecule has 0 spiro atoms. The highest BCUT2D eigenvalue weighted by Gasteiger charge is 2.37. The predicted molar refractivity (Wildman–Crippen MR) is 479 cm³/mol. The maximum Gasteiger partial charge on any atom is 0.273 e. The number of aryl methyl sites for hydroxylation is 6. The molecule has 6 aliphatic carbocycles. The Hall–Kier alpha value is -15.6. The fourth-order valence-corrected chi connectivity index (χ4v) is 14.9. The Bertz CT molecular complexity index is 6880. The summed E-state index contributed by atoms with van der Waals surface area (Å²) in [5.41, 5.74) is 17.3. The fourth-order valence-electron chi connectivity index (χ4n) is 14.9. The number of rotatable bonds is 1. The smallest absolute Gasteiger partial charge is 0.273 e. The average molecular weight is 1690 g/mol. The minimum Gasteiger partial charge on any atom is -0.438 e. The van der Waals surface area contributed by atoms with Crippen molar-refractivity contribution < 1.29 is 42.0 Å². The molecule has 0 bridgehead atoms. The molecule has 128 heavy (non-hydrogen) atoms. The second-order valence-corrected chi connectivity index (χ2v) is 34.2. The maximum absolute atomic E-state index is 14.0. The monoisotopic (exact) mass is 1690 g/mol. The molecular weight excluding hydrogens is 1600 g/mol. The normalized spacial score (nSPS) is 15.0. The average Bonchev–Trinajstić information content (AvgIpc) is 1.00. The minimum atomic E-state index is -0.624. The molecule has 0 aliphatic heterocycles. The van der Waals surface area contributed by atoms with Crippen molar-refractivity contribution in [3.05, 3.63) is 337 Å². The summed E-state index contributed by atoms with van der Waals surface area (Å²) < 4.78 is 24.4. The molecule has 0 saturated heterocycles. The van der Waals surface area contributed by atoms with Crippen molar-refractivity contribution in [1.82, 2.24) is 69.8 Å². The van der Waals surface area contributed by atoms with Gasteiger partial charge >= 0.3 is 0 Å². The molecule has 634 valence electrons. The van der Waals surface area contributed by atoms with Gasteiger partial charge in [-0.2, -0.15) is 9.37 Å². The fraction of sp³-hybridized carbons (Fsp3) is 0.267. The summed E-state index contributed by atoms with van der Waals surface area (Å²) >= 11 is 0.